The third-order valence-corrected chi connectivity index (χ3v) is 6.27. The van der Waals surface area contributed by atoms with Crippen LogP contribution in [0.3, 0.4) is 0 Å². The highest BCUT2D eigenvalue weighted by Crippen LogP contribution is 2.25. The molecule has 31 heavy (non-hydrogen) atoms. The van der Waals surface area contributed by atoms with E-state index in [0.29, 0.717) is 11.9 Å². The largest absolute Gasteiger partial charge is 0.345 e. The number of anilines is 1. The Morgan fingerprint density at radius 3 is 2.48 bits per heavy atom. The lowest BCUT2D eigenvalue weighted by atomic mass is 10.0. The summed E-state index contributed by atoms with van der Waals surface area (Å²) in [6.45, 7) is 1.97. The van der Waals surface area contributed by atoms with E-state index in [1.165, 1.54) is 12.1 Å². The first-order chi connectivity index (χ1) is 15.0. The number of amides is 1. The second-order valence-corrected chi connectivity index (χ2v) is 8.53. The maximum Gasteiger partial charge on any atom is 0.264 e. The Kier molecular flexibility index (Phi) is 5.68. The fourth-order valence-corrected chi connectivity index (χ4v) is 4.54. The molecule has 0 saturated carbocycles. The van der Waals surface area contributed by atoms with E-state index < -0.39 is 10.0 Å². The van der Waals surface area contributed by atoms with E-state index in [1.807, 2.05) is 37.3 Å². The molecule has 0 aliphatic heterocycles. The molecule has 0 saturated heterocycles. The minimum atomic E-state index is -4.04. The summed E-state index contributed by atoms with van der Waals surface area (Å²) >= 11 is 0. The highest BCUT2D eigenvalue weighted by Gasteiger charge is 2.23. The molecule has 158 valence electrons. The van der Waals surface area contributed by atoms with Crippen molar-refractivity contribution in [1.29, 1.82) is 0 Å². The fraction of sp³-hybridized carbons (Fsp3) is 0.136. The number of para-hydroxylation sites is 1. The van der Waals surface area contributed by atoms with Crippen LogP contribution in [0.2, 0.25) is 0 Å². The second-order valence-electron chi connectivity index (χ2n) is 6.88. The first kappa shape index (κ1) is 20.5. The predicted molar refractivity (Wildman–Crippen MR) is 116 cm³/mol. The molecule has 0 spiro atoms. The molecule has 4 rings (SSSR count). The molecule has 1 atom stereocenters. The van der Waals surface area contributed by atoms with Gasteiger partial charge in [-0.05, 0) is 46.6 Å². The zero-order valence-electron chi connectivity index (χ0n) is 16.6. The van der Waals surface area contributed by atoms with Gasteiger partial charge in [0.2, 0.25) is 0 Å². The standard InChI is InChI=1S/C22H20N4O4S/c1-2-17(15-9-4-3-5-10-15)23-22(27)16-11-6-7-12-18(16)26-31(28,29)20-14-8-13-19-21(20)25-30-24-19/h3-14,17,26H,2H2,1H3,(H,23,27). The average molecular weight is 436 g/mol. The van der Waals surface area contributed by atoms with Gasteiger partial charge in [-0.25, -0.2) is 13.0 Å². The normalized spacial score (nSPS) is 12.4. The van der Waals surface area contributed by atoms with Gasteiger partial charge >= 0.3 is 0 Å². The third-order valence-electron chi connectivity index (χ3n) is 4.87. The number of carbonyl (C=O) groups is 1. The maximum atomic E-state index is 13.0. The summed E-state index contributed by atoms with van der Waals surface area (Å²) in [5.41, 5.74) is 1.79. The lowest BCUT2D eigenvalue weighted by molar-refractivity contribution is 0.0936. The van der Waals surface area contributed by atoms with Gasteiger partial charge < -0.3 is 5.32 Å². The summed E-state index contributed by atoms with van der Waals surface area (Å²) in [5, 5.41) is 10.3. The average Bonchev–Trinajstić information content (AvgIpc) is 3.27. The van der Waals surface area contributed by atoms with Crippen molar-refractivity contribution in [2.45, 2.75) is 24.3 Å². The van der Waals surface area contributed by atoms with Crippen molar-refractivity contribution in [3.8, 4) is 0 Å². The highest BCUT2D eigenvalue weighted by molar-refractivity contribution is 7.93. The van der Waals surface area contributed by atoms with Gasteiger partial charge in [-0.1, -0.05) is 55.5 Å². The van der Waals surface area contributed by atoms with Gasteiger partial charge in [-0.2, -0.15) is 0 Å². The molecule has 9 heteroatoms. The SMILES string of the molecule is CCC(NC(=O)c1ccccc1NS(=O)(=O)c1cccc2nonc12)c1ccccc1. The van der Waals surface area contributed by atoms with Crippen LogP contribution in [-0.2, 0) is 10.0 Å². The first-order valence-electron chi connectivity index (χ1n) is 9.68. The lowest BCUT2D eigenvalue weighted by Crippen LogP contribution is -2.29. The summed E-state index contributed by atoms with van der Waals surface area (Å²) in [4.78, 5) is 12.9. The maximum absolute atomic E-state index is 13.0. The van der Waals surface area contributed by atoms with Crippen molar-refractivity contribution in [3.63, 3.8) is 0 Å². The number of nitrogens with one attached hydrogen (secondary N) is 2. The van der Waals surface area contributed by atoms with Gasteiger partial charge in [-0.15, -0.1) is 0 Å². The molecular weight excluding hydrogens is 416 g/mol. The number of fused-ring (bicyclic) bond motifs is 1. The molecule has 3 aromatic carbocycles. The molecule has 0 fully saturated rings. The van der Waals surface area contributed by atoms with Gasteiger partial charge in [-0.3, -0.25) is 9.52 Å². The van der Waals surface area contributed by atoms with E-state index in [1.54, 1.807) is 30.3 Å². The lowest BCUT2D eigenvalue weighted by Gasteiger charge is -2.19. The van der Waals surface area contributed by atoms with Crippen LogP contribution in [0.1, 0.15) is 35.3 Å². The van der Waals surface area contributed by atoms with Crippen LogP contribution in [-0.4, -0.2) is 24.6 Å². The van der Waals surface area contributed by atoms with Gasteiger partial charge in [0, 0.05) is 0 Å². The number of aromatic nitrogens is 2. The smallest absolute Gasteiger partial charge is 0.264 e. The Bertz CT molecular complexity index is 1320. The van der Waals surface area contributed by atoms with Crippen LogP contribution >= 0.6 is 0 Å². The van der Waals surface area contributed by atoms with E-state index in [0.717, 1.165) is 5.56 Å². The molecule has 1 heterocycles. The number of nitrogens with zero attached hydrogens (tertiary/aromatic N) is 2. The highest BCUT2D eigenvalue weighted by atomic mass is 32.2. The van der Waals surface area contributed by atoms with Crippen molar-refractivity contribution in [3.05, 3.63) is 83.9 Å². The van der Waals surface area contributed by atoms with Crippen LogP contribution in [0, 0.1) is 0 Å². The number of carbonyl (C=O) groups excluding carboxylic acids is 1. The molecule has 1 amide bonds. The summed E-state index contributed by atoms with van der Waals surface area (Å²) < 4.78 is 33.2. The first-order valence-corrected chi connectivity index (χ1v) is 11.2. The van der Waals surface area contributed by atoms with Crippen LogP contribution < -0.4 is 10.0 Å². The minimum Gasteiger partial charge on any atom is -0.345 e. The second kappa shape index (κ2) is 8.57. The number of benzene rings is 3. The van der Waals surface area contributed by atoms with Gasteiger partial charge in [0.15, 0.2) is 5.52 Å². The zero-order valence-corrected chi connectivity index (χ0v) is 17.5. The molecule has 4 aromatic rings. The molecule has 0 bridgehead atoms. The monoisotopic (exact) mass is 436 g/mol. The Labute approximate surface area is 179 Å². The Balaban J connectivity index is 1.63. The quantitative estimate of drug-likeness (QED) is 0.454. The molecule has 0 radical (unpaired) electrons. The summed E-state index contributed by atoms with van der Waals surface area (Å²) in [7, 11) is -4.04. The van der Waals surface area contributed by atoms with Crippen molar-refractivity contribution in [2.24, 2.45) is 0 Å². The summed E-state index contributed by atoms with van der Waals surface area (Å²) in [5.74, 6) is -0.379. The van der Waals surface area contributed by atoms with E-state index in [9.17, 15) is 13.2 Å². The molecule has 1 unspecified atom stereocenters. The number of hydrogen-bond donors (Lipinski definition) is 2. The van der Waals surface area contributed by atoms with E-state index in [2.05, 4.69) is 25.0 Å². The Morgan fingerprint density at radius 2 is 1.71 bits per heavy atom. The van der Waals surface area contributed by atoms with Crippen molar-refractivity contribution >= 4 is 32.7 Å². The van der Waals surface area contributed by atoms with E-state index in [4.69, 9.17) is 0 Å². The van der Waals surface area contributed by atoms with Gasteiger partial charge in [0.1, 0.15) is 10.4 Å². The number of sulfonamides is 1. The zero-order chi connectivity index (χ0) is 21.8. The van der Waals surface area contributed by atoms with Crippen LogP contribution in [0.4, 0.5) is 5.69 Å². The molecule has 0 aliphatic rings. The van der Waals surface area contributed by atoms with E-state index in [-0.39, 0.29) is 33.6 Å². The molecule has 8 nitrogen and oxygen atoms in total. The molecular formula is C22H20N4O4S. The van der Waals surface area contributed by atoms with Gasteiger partial charge in [0.25, 0.3) is 15.9 Å². The van der Waals surface area contributed by atoms with E-state index >= 15 is 0 Å². The van der Waals surface area contributed by atoms with Crippen molar-refractivity contribution < 1.29 is 17.8 Å². The Hall–Kier alpha value is -3.72. The summed E-state index contributed by atoms with van der Waals surface area (Å²) in [6.07, 6.45) is 0.685. The summed E-state index contributed by atoms with van der Waals surface area (Å²) in [6, 6.07) is 20.4. The molecule has 0 aliphatic carbocycles. The minimum absolute atomic E-state index is 0.0859. The van der Waals surface area contributed by atoms with Gasteiger partial charge in [0.05, 0.1) is 17.3 Å². The van der Waals surface area contributed by atoms with Crippen molar-refractivity contribution in [1.82, 2.24) is 15.6 Å². The predicted octanol–water partition coefficient (Wildman–Crippen LogP) is 3.90. The fourth-order valence-electron chi connectivity index (χ4n) is 3.31. The van der Waals surface area contributed by atoms with Crippen molar-refractivity contribution in [2.75, 3.05) is 4.72 Å². The topological polar surface area (TPSA) is 114 Å². The van der Waals surface area contributed by atoms with Crippen LogP contribution in [0.25, 0.3) is 11.0 Å². The van der Waals surface area contributed by atoms with Crippen LogP contribution in [0.15, 0.2) is 82.3 Å². The molecule has 2 N–H and O–H groups in total. The third kappa shape index (κ3) is 4.26. The molecule has 1 aromatic heterocycles. The Morgan fingerprint density at radius 1 is 0.968 bits per heavy atom. The number of rotatable bonds is 7. The van der Waals surface area contributed by atoms with Crippen LogP contribution in [0.5, 0.6) is 0 Å². The number of hydrogen-bond acceptors (Lipinski definition) is 6.